The monoisotopic (exact) mass is 455 g/mol. The standard InChI is InChI=1S/C20H20F2NO7P/c1-10(24)11-4-5-16-15(8-11)17(18(20(2,3)29-16)30-31(26,27)28)23-19(25)12-6-13(21)9-14(22)7-12/h4-9,17-18H,1-3H3,(H,23,25)(H2,26,27,28)/t17-,18-/m1/s1. The second-order valence-corrected chi connectivity index (χ2v) is 8.83. The predicted octanol–water partition coefficient (Wildman–Crippen LogP) is 3.29. The minimum absolute atomic E-state index is 0.218. The van der Waals surface area contributed by atoms with Crippen molar-refractivity contribution in [1.29, 1.82) is 0 Å². The Morgan fingerprint density at radius 3 is 2.26 bits per heavy atom. The summed E-state index contributed by atoms with van der Waals surface area (Å²) in [5.74, 6) is -2.91. The van der Waals surface area contributed by atoms with Crippen molar-refractivity contribution in [1.82, 2.24) is 5.32 Å². The van der Waals surface area contributed by atoms with E-state index in [-0.39, 0.29) is 28.2 Å². The fraction of sp³-hybridized carbons (Fsp3) is 0.300. The number of phosphoric ester groups is 1. The molecule has 0 saturated heterocycles. The van der Waals surface area contributed by atoms with Crippen molar-refractivity contribution in [3.05, 3.63) is 64.7 Å². The van der Waals surface area contributed by atoms with Crippen LogP contribution in [0.15, 0.2) is 36.4 Å². The molecule has 0 saturated carbocycles. The maximum absolute atomic E-state index is 13.6. The third-order valence-electron chi connectivity index (χ3n) is 4.77. The minimum atomic E-state index is -5.04. The molecular formula is C20H20F2NO7P. The van der Waals surface area contributed by atoms with Crippen LogP contribution in [0.5, 0.6) is 5.75 Å². The Morgan fingerprint density at radius 2 is 1.71 bits per heavy atom. The fourth-order valence-electron chi connectivity index (χ4n) is 3.41. The number of benzene rings is 2. The first-order valence-corrected chi connectivity index (χ1v) is 10.6. The Labute approximate surface area is 176 Å². The normalized spacial score (nSPS) is 19.8. The average Bonchev–Trinajstić information content (AvgIpc) is 2.62. The molecule has 2 aromatic rings. The SMILES string of the molecule is CC(=O)c1ccc2c(c1)[C@@H](NC(=O)c1cc(F)cc(F)c1)[C@@H](OP(=O)(O)O)C(C)(C)O2. The lowest BCUT2D eigenvalue weighted by atomic mass is 9.85. The molecule has 0 radical (unpaired) electrons. The topological polar surface area (TPSA) is 122 Å². The number of Topliss-reactive ketones (excluding diaryl/α,β-unsaturated/α-hetero) is 1. The van der Waals surface area contributed by atoms with Gasteiger partial charge in [0.15, 0.2) is 5.78 Å². The summed E-state index contributed by atoms with van der Waals surface area (Å²) in [5, 5.41) is 2.51. The first kappa shape index (κ1) is 23.0. The zero-order chi connectivity index (χ0) is 23.1. The predicted molar refractivity (Wildman–Crippen MR) is 105 cm³/mol. The number of rotatable bonds is 5. The van der Waals surface area contributed by atoms with E-state index in [0.29, 0.717) is 6.07 Å². The Balaban J connectivity index is 2.10. The van der Waals surface area contributed by atoms with Crippen LogP contribution in [-0.4, -0.2) is 33.2 Å². The Kier molecular flexibility index (Phi) is 6.03. The Bertz CT molecular complexity index is 1080. The van der Waals surface area contributed by atoms with E-state index in [2.05, 4.69) is 5.32 Å². The third-order valence-corrected chi connectivity index (χ3v) is 5.28. The van der Waals surface area contributed by atoms with E-state index < -0.39 is 43.1 Å². The maximum atomic E-state index is 13.6. The lowest BCUT2D eigenvalue weighted by Crippen LogP contribution is -2.54. The molecule has 0 spiro atoms. The minimum Gasteiger partial charge on any atom is -0.485 e. The number of nitrogens with one attached hydrogen (secondary N) is 1. The highest BCUT2D eigenvalue weighted by atomic mass is 31.2. The van der Waals surface area contributed by atoms with Gasteiger partial charge in [-0.05, 0) is 51.1 Å². The fourth-order valence-corrected chi connectivity index (χ4v) is 4.08. The zero-order valence-corrected chi connectivity index (χ0v) is 17.7. The first-order chi connectivity index (χ1) is 14.3. The smallest absolute Gasteiger partial charge is 0.470 e. The summed E-state index contributed by atoms with van der Waals surface area (Å²) < 4.78 is 49.5. The van der Waals surface area contributed by atoms with Gasteiger partial charge in [0, 0.05) is 22.8 Å². The van der Waals surface area contributed by atoms with Crippen molar-refractivity contribution in [2.24, 2.45) is 0 Å². The second-order valence-electron chi connectivity index (χ2n) is 7.64. The van der Waals surface area contributed by atoms with Gasteiger partial charge in [-0.2, -0.15) is 0 Å². The highest BCUT2D eigenvalue weighted by molar-refractivity contribution is 7.46. The number of ketones is 1. The van der Waals surface area contributed by atoms with Crippen LogP contribution >= 0.6 is 7.82 Å². The molecule has 11 heteroatoms. The van der Waals surface area contributed by atoms with Crippen LogP contribution in [-0.2, 0) is 9.09 Å². The Morgan fingerprint density at radius 1 is 1.10 bits per heavy atom. The number of carbonyl (C=O) groups is 2. The van der Waals surface area contributed by atoms with Crippen molar-refractivity contribution in [2.45, 2.75) is 38.5 Å². The van der Waals surface area contributed by atoms with Crippen LogP contribution in [0.25, 0.3) is 0 Å². The van der Waals surface area contributed by atoms with E-state index in [4.69, 9.17) is 9.26 Å². The third kappa shape index (κ3) is 5.16. The van der Waals surface area contributed by atoms with E-state index in [1.807, 2.05) is 0 Å². The van der Waals surface area contributed by atoms with Crippen molar-refractivity contribution in [3.63, 3.8) is 0 Å². The summed E-state index contributed by atoms with van der Waals surface area (Å²) in [6.45, 7) is 4.31. The number of hydrogen-bond acceptors (Lipinski definition) is 5. The van der Waals surface area contributed by atoms with E-state index >= 15 is 0 Å². The summed E-state index contributed by atoms with van der Waals surface area (Å²) in [7, 11) is -5.04. The highest BCUT2D eigenvalue weighted by Crippen LogP contribution is 2.48. The number of fused-ring (bicyclic) bond motifs is 1. The number of amides is 1. The van der Waals surface area contributed by atoms with Gasteiger partial charge in [-0.3, -0.25) is 14.1 Å². The summed E-state index contributed by atoms with van der Waals surface area (Å²) >= 11 is 0. The summed E-state index contributed by atoms with van der Waals surface area (Å²) in [6, 6.07) is 5.40. The van der Waals surface area contributed by atoms with Crippen LogP contribution in [0, 0.1) is 11.6 Å². The van der Waals surface area contributed by atoms with Gasteiger partial charge in [0.1, 0.15) is 29.1 Å². The summed E-state index contributed by atoms with van der Waals surface area (Å²) in [6.07, 6.45) is -1.41. The van der Waals surface area contributed by atoms with E-state index in [9.17, 15) is 32.7 Å². The molecule has 1 heterocycles. The van der Waals surface area contributed by atoms with Crippen LogP contribution in [0.3, 0.4) is 0 Å². The van der Waals surface area contributed by atoms with Crippen LogP contribution < -0.4 is 10.1 Å². The van der Waals surface area contributed by atoms with Crippen LogP contribution in [0.2, 0.25) is 0 Å². The van der Waals surface area contributed by atoms with Crippen molar-refractivity contribution in [2.75, 3.05) is 0 Å². The molecule has 3 N–H and O–H groups in total. The number of phosphoric acid groups is 1. The molecular weight excluding hydrogens is 435 g/mol. The van der Waals surface area contributed by atoms with Gasteiger partial charge < -0.3 is 19.8 Å². The van der Waals surface area contributed by atoms with Crippen LogP contribution in [0.4, 0.5) is 8.78 Å². The van der Waals surface area contributed by atoms with Gasteiger partial charge in [0.05, 0.1) is 6.04 Å². The molecule has 2 atom stereocenters. The molecule has 31 heavy (non-hydrogen) atoms. The molecule has 0 fully saturated rings. The summed E-state index contributed by atoms with van der Waals surface area (Å²) in [4.78, 5) is 43.4. The van der Waals surface area contributed by atoms with E-state index in [0.717, 1.165) is 12.1 Å². The lowest BCUT2D eigenvalue weighted by Gasteiger charge is -2.44. The number of halogens is 2. The molecule has 1 aliphatic rings. The van der Waals surface area contributed by atoms with Gasteiger partial charge in [0.2, 0.25) is 0 Å². The summed E-state index contributed by atoms with van der Waals surface area (Å²) in [5.41, 5.74) is -1.21. The molecule has 0 aliphatic carbocycles. The lowest BCUT2D eigenvalue weighted by molar-refractivity contribution is -0.0597. The number of ether oxygens (including phenoxy) is 1. The van der Waals surface area contributed by atoms with Crippen molar-refractivity contribution in [3.8, 4) is 5.75 Å². The molecule has 0 bridgehead atoms. The largest absolute Gasteiger partial charge is 0.485 e. The molecule has 2 aromatic carbocycles. The van der Waals surface area contributed by atoms with Crippen molar-refractivity contribution < 1.29 is 42.0 Å². The molecule has 1 aliphatic heterocycles. The molecule has 0 aromatic heterocycles. The van der Waals surface area contributed by atoms with E-state index in [1.54, 1.807) is 0 Å². The maximum Gasteiger partial charge on any atom is 0.470 e. The molecule has 0 unspecified atom stereocenters. The van der Waals surface area contributed by atoms with Gasteiger partial charge in [0.25, 0.3) is 5.91 Å². The zero-order valence-electron chi connectivity index (χ0n) is 16.8. The number of hydrogen-bond donors (Lipinski definition) is 3. The average molecular weight is 455 g/mol. The van der Waals surface area contributed by atoms with Crippen LogP contribution in [0.1, 0.15) is 53.1 Å². The van der Waals surface area contributed by atoms with Gasteiger partial charge in [-0.1, -0.05) is 0 Å². The Hall–Kier alpha value is -2.65. The molecule has 8 nitrogen and oxygen atoms in total. The second kappa shape index (κ2) is 8.12. The molecule has 1 amide bonds. The molecule has 166 valence electrons. The molecule has 3 rings (SSSR count). The van der Waals surface area contributed by atoms with Gasteiger partial charge in [-0.25, -0.2) is 13.3 Å². The van der Waals surface area contributed by atoms with E-state index in [1.165, 1.54) is 39.0 Å². The van der Waals surface area contributed by atoms with Gasteiger partial charge >= 0.3 is 7.82 Å². The highest BCUT2D eigenvalue weighted by Gasteiger charge is 2.48. The quantitative estimate of drug-likeness (QED) is 0.467. The first-order valence-electron chi connectivity index (χ1n) is 9.11. The van der Waals surface area contributed by atoms with Crippen molar-refractivity contribution >= 4 is 19.5 Å². The van der Waals surface area contributed by atoms with Gasteiger partial charge in [-0.15, -0.1) is 0 Å². The number of carbonyl (C=O) groups excluding carboxylic acids is 2.